The lowest BCUT2D eigenvalue weighted by molar-refractivity contribution is 0.495. The van der Waals surface area contributed by atoms with Crippen LogP contribution in [0.1, 0.15) is 143 Å². The maximum absolute atomic E-state index is 6.08. The summed E-state index contributed by atoms with van der Waals surface area (Å²) in [6, 6.07) is 0. The molecule has 0 aliphatic heterocycles. The average molecular weight is 697 g/mol. The molecule has 0 radical (unpaired) electrons. The molecule has 0 heterocycles. The van der Waals surface area contributed by atoms with Crippen molar-refractivity contribution in [1.29, 1.82) is 0 Å². The zero-order valence-corrected chi connectivity index (χ0v) is 33.7. The van der Waals surface area contributed by atoms with E-state index in [0.29, 0.717) is 11.8 Å². The van der Waals surface area contributed by atoms with Crippen molar-refractivity contribution in [1.82, 2.24) is 0 Å². The van der Waals surface area contributed by atoms with Crippen LogP contribution in [0, 0.1) is 11.8 Å². The van der Waals surface area contributed by atoms with Crippen LogP contribution in [0.5, 0.6) is 0 Å². The predicted molar refractivity (Wildman–Crippen MR) is 236 cm³/mol. The molecule has 51 heavy (non-hydrogen) atoms. The molecule has 0 saturated carbocycles. The van der Waals surface area contributed by atoms with Crippen LogP contribution in [0.15, 0.2) is 146 Å². The molecule has 2 heteroatoms. The first-order chi connectivity index (χ1) is 25.1. The molecule has 0 aliphatic rings. The number of rotatable bonds is 32. The normalized spacial score (nSPS) is 14.2. The third kappa shape index (κ3) is 39.3. The number of unbranched alkanes of at least 4 members (excludes halogenated alkanes) is 2. The Morgan fingerprint density at radius 2 is 0.980 bits per heavy atom. The molecule has 0 fully saturated rings. The fourth-order valence-corrected chi connectivity index (χ4v) is 5.15. The summed E-state index contributed by atoms with van der Waals surface area (Å²) in [4.78, 5) is 0. The van der Waals surface area contributed by atoms with Crippen molar-refractivity contribution in [2.45, 2.75) is 143 Å². The molecule has 0 spiro atoms. The molecular formula is C49H80N2. The molecule has 2 unspecified atom stereocenters. The highest BCUT2D eigenvalue weighted by atomic mass is 14.6. The zero-order valence-electron chi connectivity index (χ0n) is 33.7. The molecule has 0 aromatic rings. The molecule has 0 rings (SSSR count). The summed E-state index contributed by atoms with van der Waals surface area (Å²) in [5.41, 5.74) is 14.1. The van der Waals surface area contributed by atoms with E-state index in [1.165, 1.54) is 18.4 Å². The molecule has 0 saturated heterocycles. The van der Waals surface area contributed by atoms with Crippen molar-refractivity contribution in [3.63, 3.8) is 0 Å². The standard InChI is InChI=1S/C47H74N2.C2H6/c1-5-8-10-12-14-18-25-30-36-45(40-41-47(49)7-3)37-31-27-21-20-23-29-35-44(4)34-28-22-17-15-19-26-33-39-46(42-43-48)38-32-24-16-13-11-9-6-2;1-2/h5,7,11-15,17,20,23-28,30-34,45-46H,1,4,6,8-10,16,18-19,21-22,29,35-43,48-49H2,2-3H3;1-2H3/b13-11+,14-12+,17-15+,23-20+,30-25+,31-27+,32-24+,33-26+,34-28-,47-7-;. The van der Waals surface area contributed by atoms with Crippen LogP contribution in [-0.2, 0) is 0 Å². The monoisotopic (exact) mass is 697 g/mol. The van der Waals surface area contributed by atoms with Gasteiger partial charge in [0, 0.05) is 5.70 Å². The molecule has 286 valence electrons. The number of hydrogen-bond acceptors (Lipinski definition) is 2. The van der Waals surface area contributed by atoms with E-state index < -0.39 is 0 Å². The topological polar surface area (TPSA) is 52.0 Å². The molecule has 4 N–H and O–H groups in total. The third-order valence-electron chi connectivity index (χ3n) is 8.34. The van der Waals surface area contributed by atoms with Gasteiger partial charge in [0.25, 0.3) is 0 Å². The Kier molecular flexibility index (Phi) is 41.8. The lowest BCUT2D eigenvalue weighted by atomic mass is 9.94. The minimum Gasteiger partial charge on any atom is -0.402 e. The summed E-state index contributed by atoms with van der Waals surface area (Å²) in [5, 5.41) is 0. The van der Waals surface area contributed by atoms with Gasteiger partial charge in [0.2, 0.25) is 0 Å². The van der Waals surface area contributed by atoms with Gasteiger partial charge in [-0.25, -0.2) is 0 Å². The first kappa shape index (κ1) is 49.8. The number of nitrogens with two attached hydrogens (primary N) is 2. The molecule has 2 nitrogen and oxygen atoms in total. The van der Waals surface area contributed by atoms with E-state index in [1.54, 1.807) is 0 Å². The van der Waals surface area contributed by atoms with E-state index >= 15 is 0 Å². The maximum Gasteiger partial charge on any atom is 0.00372 e. The van der Waals surface area contributed by atoms with Gasteiger partial charge >= 0.3 is 0 Å². The van der Waals surface area contributed by atoms with Crippen molar-refractivity contribution >= 4 is 0 Å². The Labute approximate surface area is 318 Å². The van der Waals surface area contributed by atoms with Crippen LogP contribution in [0.4, 0.5) is 0 Å². The van der Waals surface area contributed by atoms with E-state index in [-0.39, 0.29) is 0 Å². The predicted octanol–water partition coefficient (Wildman–Crippen LogP) is 14.9. The van der Waals surface area contributed by atoms with Gasteiger partial charge in [-0.3, -0.25) is 0 Å². The van der Waals surface area contributed by atoms with Crippen LogP contribution in [0.3, 0.4) is 0 Å². The van der Waals surface area contributed by atoms with E-state index in [1.807, 2.05) is 32.9 Å². The second kappa shape index (κ2) is 42.8. The summed E-state index contributed by atoms with van der Waals surface area (Å²) in [5.74, 6) is 1.27. The molecule has 0 aliphatic carbocycles. The van der Waals surface area contributed by atoms with E-state index in [9.17, 15) is 0 Å². The number of hydrogen-bond donors (Lipinski definition) is 2. The smallest absolute Gasteiger partial charge is 0.00372 e. The van der Waals surface area contributed by atoms with Crippen LogP contribution >= 0.6 is 0 Å². The van der Waals surface area contributed by atoms with Crippen LogP contribution in [0.2, 0.25) is 0 Å². The fourth-order valence-electron chi connectivity index (χ4n) is 5.15. The minimum absolute atomic E-state index is 0.626. The molecule has 0 amide bonds. The fraction of sp³-hybridized carbons (Fsp3) is 0.510. The Bertz CT molecular complexity index is 1090. The van der Waals surface area contributed by atoms with E-state index in [4.69, 9.17) is 11.5 Å². The highest BCUT2D eigenvalue weighted by Gasteiger charge is 2.06. The molecule has 0 aromatic heterocycles. The van der Waals surface area contributed by atoms with Crippen molar-refractivity contribution < 1.29 is 0 Å². The average Bonchev–Trinajstić information content (AvgIpc) is 3.14. The highest BCUT2D eigenvalue weighted by Crippen LogP contribution is 2.20. The van der Waals surface area contributed by atoms with Crippen molar-refractivity contribution in [2.75, 3.05) is 6.54 Å². The molecule has 0 bridgehead atoms. The van der Waals surface area contributed by atoms with Gasteiger partial charge in [-0.2, -0.15) is 0 Å². The van der Waals surface area contributed by atoms with Crippen LogP contribution < -0.4 is 11.5 Å². The summed E-state index contributed by atoms with van der Waals surface area (Å²) in [6.45, 7) is 17.0. The Morgan fingerprint density at radius 1 is 0.549 bits per heavy atom. The van der Waals surface area contributed by atoms with Gasteiger partial charge in [0.1, 0.15) is 0 Å². The number of allylic oxidation sites excluding steroid dienone is 22. The summed E-state index contributed by atoms with van der Waals surface area (Å²) < 4.78 is 0. The second-order valence-electron chi connectivity index (χ2n) is 12.9. The summed E-state index contributed by atoms with van der Waals surface area (Å²) in [7, 11) is 0. The Hall–Kier alpha value is -3.36. The lowest BCUT2D eigenvalue weighted by Gasteiger charge is -2.13. The van der Waals surface area contributed by atoms with Crippen molar-refractivity contribution in [3.05, 3.63) is 146 Å². The largest absolute Gasteiger partial charge is 0.402 e. The SMILES string of the molecule is C=CCC/C=C/C/C=C/CC(C/C=C/C/C=C/CCC(=C)/C=C\C/C=C/C/C=C/CC(C/C=C/C/C=C/CCC)CCN)CC/C(N)=C/C.CC. The molecule has 2 atom stereocenters. The Morgan fingerprint density at radius 3 is 1.45 bits per heavy atom. The first-order valence-corrected chi connectivity index (χ1v) is 20.3. The van der Waals surface area contributed by atoms with E-state index in [0.717, 1.165) is 115 Å². The van der Waals surface area contributed by atoms with Crippen LogP contribution in [0.25, 0.3) is 0 Å². The lowest BCUT2D eigenvalue weighted by Crippen LogP contribution is -2.07. The first-order valence-electron chi connectivity index (χ1n) is 20.3. The van der Waals surface area contributed by atoms with Crippen molar-refractivity contribution in [2.24, 2.45) is 23.3 Å². The van der Waals surface area contributed by atoms with Gasteiger partial charge in [0.15, 0.2) is 0 Å². The minimum atomic E-state index is 0.626. The van der Waals surface area contributed by atoms with Gasteiger partial charge < -0.3 is 11.5 Å². The summed E-state index contributed by atoms with van der Waals surface area (Å²) >= 11 is 0. The van der Waals surface area contributed by atoms with Crippen LogP contribution in [-0.4, -0.2) is 6.54 Å². The Balaban J connectivity index is 0. The molecular weight excluding hydrogens is 617 g/mol. The van der Waals surface area contributed by atoms with E-state index in [2.05, 4.69) is 129 Å². The quantitative estimate of drug-likeness (QED) is 0.0418. The maximum atomic E-state index is 6.08. The highest BCUT2D eigenvalue weighted by molar-refractivity contribution is 5.16. The molecule has 0 aromatic carbocycles. The van der Waals surface area contributed by atoms with Gasteiger partial charge in [-0.05, 0) is 134 Å². The van der Waals surface area contributed by atoms with Gasteiger partial charge in [-0.15, -0.1) is 6.58 Å². The summed E-state index contributed by atoms with van der Waals surface area (Å²) in [6.07, 6.45) is 64.1. The zero-order chi connectivity index (χ0) is 37.9. The second-order valence-corrected chi connectivity index (χ2v) is 12.9. The van der Waals surface area contributed by atoms with Gasteiger partial charge in [0.05, 0.1) is 0 Å². The van der Waals surface area contributed by atoms with Gasteiger partial charge in [-0.1, -0.05) is 161 Å². The third-order valence-corrected chi connectivity index (χ3v) is 8.34. The van der Waals surface area contributed by atoms with Crippen molar-refractivity contribution in [3.8, 4) is 0 Å².